The fourth-order valence-electron chi connectivity index (χ4n) is 3.84. The Kier molecular flexibility index (Phi) is 7.33. The van der Waals surface area contributed by atoms with Gasteiger partial charge < -0.3 is 18.9 Å². The zero-order valence-corrected chi connectivity index (χ0v) is 20.6. The second-order valence-electron chi connectivity index (χ2n) is 8.63. The largest absolute Gasteiger partial charge is 0.495 e. The molecule has 0 saturated carbocycles. The molecular weight excluding hydrogens is 505 g/mol. The molecule has 1 aliphatic rings. The maximum atomic E-state index is 14.3. The van der Waals surface area contributed by atoms with Gasteiger partial charge >= 0.3 is 12.1 Å². The second-order valence-corrected chi connectivity index (χ2v) is 9.49. The normalized spacial score (nSPS) is 14.8. The van der Waals surface area contributed by atoms with E-state index in [1.54, 1.807) is 39.0 Å². The van der Waals surface area contributed by atoms with Gasteiger partial charge in [0.15, 0.2) is 6.10 Å². The summed E-state index contributed by atoms with van der Waals surface area (Å²) >= 11 is 3.21. The minimum absolute atomic E-state index is 0.101. The standard InChI is InChI=1S/C24H26BrF3O5/c1-23(2,3)33-21(22(29)31-5)19-15(24(26,27)28)12-16(25)20(30-4)18(19)14-8-9-17-13(11-14)7-6-10-32-17/h8-9,11-12,21H,6-7,10H2,1-5H3. The maximum absolute atomic E-state index is 14.3. The number of carbonyl (C=O) groups is 1. The zero-order valence-electron chi connectivity index (χ0n) is 19.1. The lowest BCUT2D eigenvalue weighted by atomic mass is 9.88. The molecule has 0 bridgehead atoms. The Morgan fingerprint density at radius 3 is 2.42 bits per heavy atom. The molecule has 3 rings (SSSR count). The van der Waals surface area contributed by atoms with E-state index in [9.17, 15) is 18.0 Å². The van der Waals surface area contributed by atoms with E-state index in [0.717, 1.165) is 31.6 Å². The summed E-state index contributed by atoms with van der Waals surface area (Å²) in [7, 11) is 2.47. The lowest BCUT2D eigenvalue weighted by Crippen LogP contribution is -2.30. The van der Waals surface area contributed by atoms with Gasteiger partial charge in [0.1, 0.15) is 11.5 Å². The minimum Gasteiger partial charge on any atom is -0.495 e. The zero-order chi connectivity index (χ0) is 24.6. The van der Waals surface area contributed by atoms with Crippen LogP contribution in [0.3, 0.4) is 0 Å². The van der Waals surface area contributed by atoms with Crippen LogP contribution in [0, 0.1) is 0 Å². The van der Waals surface area contributed by atoms with Crippen LogP contribution in [0.2, 0.25) is 0 Å². The van der Waals surface area contributed by atoms with Crippen LogP contribution in [0.15, 0.2) is 28.7 Å². The number of rotatable bonds is 5. The molecular formula is C24H26BrF3O5. The van der Waals surface area contributed by atoms with Crippen LogP contribution < -0.4 is 9.47 Å². The molecule has 1 heterocycles. The molecule has 0 amide bonds. The van der Waals surface area contributed by atoms with Crippen molar-refractivity contribution >= 4 is 21.9 Å². The molecule has 0 aromatic heterocycles. The molecule has 0 N–H and O–H groups in total. The summed E-state index contributed by atoms with van der Waals surface area (Å²) in [6.07, 6.45) is -4.90. The lowest BCUT2D eigenvalue weighted by Gasteiger charge is -2.30. The number of alkyl halides is 3. The van der Waals surface area contributed by atoms with E-state index in [1.807, 2.05) is 0 Å². The summed E-state index contributed by atoms with van der Waals surface area (Å²) in [6, 6.07) is 6.05. The van der Waals surface area contributed by atoms with E-state index in [-0.39, 0.29) is 21.3 Å². The van der Waals surface area contributed by atoms with Gasteiger partial charge in [-0.2, -0.15) is 13.2 Å². The molecule has 0 saturated heterocycles. The van der Waals surface area contributed by atoms with Crippen LogP contribution in [0.25, 0.3) is 11.1 Å². The number of aryl methyl sites for hydroxylation is 1. The van der Waals surface area contributed by atoms with Gasteiger partial charge in [-0.25, -0.2) is 4.79 Å². The SMILES string of the molecule is COC(=O)C(OC(C)(C)C)c1c(C(F)(F)F)cc(Br)c(OC)c1-c1ccc2c(c1)CCCO2. The number of methoxy groups -OCH3 is 2. The first-order chi connectivity index (χ1) is 15.4. The summed E-state index contributed by atoms with van der Waals surface area (Å²) in [5, 5.41) is 0. The third-order valence-electron chi connectivity index (χ3n) is 5.13. The highest BCUT2D eigenvalue weighted by molar-refractivity contribution is 9.10. The number of esters is 1. The molecule has 0 aliphatic carbocycles. The molecule has 33 heavy (non-hydrogen) atoms. The molecule has 0 radical (unpaired) electrons. The van der Waals surface area contributed by atoms with Crippen LogP contribution >= 0.6 is 15.9 Å². The van der Waals surface area contributed by atoms with E-state index >= 15 is 0 Å². The van der Waals surface area contributed by atoms with Crippen molar-refractivity contribution in [1.82, 2.24) is 0 Å². The van der Waals surface area contributed by atoms with E-state index in [4.69, 9.17) is 18.9 Å². The van der Waals surface area contributed by atoms with Crippen molar-refractivity contribution in [3.8, 4) is 22.6 Å². The van der Waals surface area contributed by atoms with Crippen LogP contribution in [-0.4, -0.2) is 32.4 Å². The van der Waals surface area contributed by atoms with Crippen molar-refractivity contribution < 1.29 is 36.9 Å². The molecule has 2 aromatic carbocycles. The first-order valence-corrected chi connectivity index (χ1v) is 11.2. The Morgan fingerprint density at radius 2 is 1.85 bits per heavy atom. The van der Waals surface area contributed by atoms with Crippen LogP contribution in [0.5, 0.6) is 11.5 Å². The first kappa shape index (κ1) is 25.4. The van der Waals surface area contributed by atoms with Crippen molar-refractivity contribution in [2.24, 2.45) is 0 Å². The number of halogens is 4. The van der Waals surface area contributed by atoms with Gasteiger partial charge in [-0.15, -0.1) is 0 Å². The highest BCUT2D eigenvalue weighted by Crippen LogP contribution is 2.50. The number of ether oxygens (including phenoxy) is 4. The highest BCUT2D eigenvalue weighted by atomic mass is 79.9. The smallest absolute Gasteiger partial charge is 0.416 e. The number of hydrogen-bond donors (Lipinski definition) is 0. The Labute approximate surface area is 199 Å². The average molecular weight is 531 g/mol. The molecule has 1 unspecified atom stereocenters. The van der Waals surface area contributed by atoms with Crippen LogP contribution in [0.1, 0.15) is 50.0 Å². The van der Waals surface area contributed by atoms with E-state index < -0.39 is 29.4 Å². The number of carbonyl (C=O) groups excluding carboxylic acids is 1. The minimum atomic E-state index is -4.77. The fraction of sp³-hybridized carbons (Fsp3) is 0.458. The lowest BCUT2D eigenvalue weighted by molar-refractivity contribution is -0.166. The van der Waals surface area contributed by atoms with Crippen LogP contribution in [0.4, 0.5) is 13.2 Å². The van der Waals surface area contributed by atoms with Crippen LogP contribution in [-0.2, 0) is 26.9 Å². The van der Waals surface area contributed by atoms with Crippen molar-refractivity contribution in [3.05, 3.63) is 45.4 Å². The van der Waals surface area contributed by atoms with E-state index in [2.05, 4.69) is 15.9 Å². The molecule has 1 aliphatic heterocycles. The molecule has 0 fully saturated rings. The van der Waals surface area contributed by atoms with Crippen molar-refractivity contribution in [1.29, 1.82) is 0 Å². The van der Waals surface area contributed by atoms with E-state index in [0.29, 0.717) is 17.9 Å². The molecule has 9 heteroatoms. The van der Waals surface area contributed by atoms with Gasteiger partial charge in [0, 0.05) is 11.1 Å². The fourth-order valence-corrected chi connectivity index (χ4v) is 4.43. The Bertz CT molecular complexity index is 1040. The maximum Gasteiger partial charge on any atom is 0.416 e. The third kappa shape index (κ3) is 5.46. The molecule has 2 aromatic rings. The summed E-state index contributed by atoms with van der Waals surface area (Å²) in [6.45, 7) is 5.55. The van der Waals surface area contributed by atoms with Crippen molar-refractivity contribution in [2.75, 3.05) is 20.8 Å². The Morgan fingerprint density at radius 1 is 1.15 bits per heavy atom. The topological polar surface area (TPSA) is 54.0 Å². The van der Waals surface area contributed by atoms with Gasteiger partial charge in [-0.1, -0.05) is 6.07 Å². The quantitative estimate of drug-likeness (QED) is 0.413. The predicted octanol–water partition coefficient (Wildman–Crippen LogP) is 6.50. The summed E-state index contributed by atoms with van der Waals surface area (Å²) in [5.41, 5.74) is -0.897. The van der Waals surface area contributed by atoms with Crippen molar-refractivity contribution in [3.63, 3.8) is 0 Å². The first-order valence-electron chi connectivity index (χ1n) is 10.4. The molecule has 0 spiro atoms. The van der Waals surface area contributed by atoms with Gasteiger partial charge in [-0.3, -0.25) is 0 Å². The summed E-state index contributed by atoms with van der Waals surface area (Å²) < 4.78 is 64.9. The number of benzene rings is 2. The Balaban J connectivity index is 2.42. The third-order valence-corrected chi connectivity index (χ3v) is 5.72. The van der Waals surface area contributed by atoms with Crippen molar-refractivity contribution in [2.45, 2.75) is 51.5 Å². The van der Waals surface area contributed by atoms with Gasteiger partial charge in [-0.05, 0) is 78.9 Å². The van der Waals surface area contributed by atoms with Gasteiger partial charge in [0.2, 0.25) is 0 Å². The highest BCUT2D eigenvalue weighted by Gasteiger charge is 2.43. The van der Waals surface area contributed by atoms with Gasteiger partial charge in [0.05, 0.1) is 36.5 Å². The monoisotopic (exact) mass is 530 g/mol. The van der Waals surface area contributed by atoms with Gasteiger partial charge in [0.25, 0.3) is 0 Å². The predicted molar refractivity (Wildman–Crippen MR) is 121 cm³/mol. The molecule has 5 nitrogen and oxygen atoms in total. The molecule has 1 atom stereocenters. The Hall–Kier alpha value is -2.26. The molecule has 180 valence electrons. The van der Waals surface area contributed by atoms with E-state index in [1.165, 1.54) is 7.11 Å². The average Bonchev–Trinajstić information content (AvgIpc) is 2.74. The summed E-state index contributed by atoms with van der Waals surface area (Å²) in [5.74, 6) is -0.101. The summed E-state index contributed by atoms with van der Waals surface area (Å²) in [4.78, 5) is 12.8. The second kappa shape index (κ2) is 9.54. The number of fused-ring (bicyclic) bond motifs is 1. The number of hydrogen-bond acceptors (Lipinski definition) is 5.